The molecular formula is C12H21NO6. The Bertz CT molecular complexity index is 356. The zero-order valence-corrected chi connectivity index (χ0v) is 11.6. The summed E-state index contributed by atoms with van der Waals surface area (Å²) in [6.07, 6.45) is -1.56. The second-order valence-electron chi connectivity index (χ2n) is 5.69. The van der Waals surface area contributed by atoms with Crippen LogP contribution in [0.5, 0.6) is 0 Å². The lowest BCUT2D eigenvalue weighted by atomic mass is 10.0. The smallest absolute Gasteiger partial charge is 0.164 e. The number of oxime groups is 1. The Hall–Kier alpha value is -0.730. The summed E-state index contributed by atoms with van der Waals surface area (Å²) in [6, 6.07) is 0. The van der Waals surface area contributed by atoms with Crippen LogP contribution in [0, 0.1) is 0 Å². The van der Waals surface area contributed by atoms with Gasteiger partial charge in [-0.1, -0.05) is 5.16 Å². The summed E-state index contributed by atoms with van der Waals surface area (Å²) in [6.45, 7) is 7.30. The zero-order chi connectivity index (χ0) is 14.3. The predicted molar refractivity (Wildman–Crippen MR) is 65.0 cm³/mol. The van der Waals surface area contributed by atoms with Gasteiger partial charge < -0.3 is 29.3 Å². The topological polar surface area (TPSA) is 89.7 Å². The van der Waals surface area contributed by atoms with Crippen LogP contribution in [0.15, 0.2) is 5.16 Å². The van der Waals surface area contributed by atoms with Crippen LogP contribution in [-0.2, 0) is 18.9 Å². The molecule has 110 valence electrons. The summed E-state index contributed by atoms with van der Waals surface area (Å²) in [5, 5.41) is 22.0. The van der Waals surface area contributed by atoms with Crippen molar-refractivity contribution in [1.82, 2.24) is 0 Å². The highest BCUT2D eigenvalue weighted by atomic mass is 16.8. The van der Waals surface area contributed by atoms with Crippen LogP contribution in [0.25, 0.3) is 0 Å². The molecule has 2 fully saturated rings. The minimum Gasteiger partial charge on any atom is -0.411 e. The van der Waals surface area contributed by atoms with Crippen LogP contribution < -0.4 is 0 Å². The van der Waals surface area contributed by atoms with Crippen LogP contribution in [0.2, 0.25) is 0 Å². The fraction of sp³-hybridized carbons (Fsp3) is 0.917. The molecule has 4 atom stereocenters. The standard InChI is InChI=1S/C12H21NO6/c1-11(2)16-6-8(18-11)9(14)10-7(5-13-15)17-12(3,4)19-10/h5,7-10,14-15H,6H2,1-4H3/b13-5-. The van der Waals surface area contributed by atoms with Gasteiger partial charge in [-0.05, 0) is 27.7 Å². The SMILES string of the molecule is CC1(C)OCC(C(O)C2OC(C)(C)OC2/C=N\O)O1. The molecule has 2 saturated heterocycles. The van der Waals surface area contributed by atoms with E-state index >= 15 is 0 Å². The average Bonchev–Trinajstić information content (AvgIpc) is 2.78. The molecule has 2 N–H and O–H groups in total. The van der Waals surface area contributed by atoms with Crippen LogP contribution >= 0.6 is 0 Å². The van der Waals surface area contributed by atoms with Crippen molar-refractivity contribution in [3.63, 3.8) is 0 Å². The third-order valence-corrected chi connectivity index (χ3v) is 3.13. The van der Waals surface area contributed by atoms with E-state index in [0.717, 1.165) is 0 Å². The monoisotopic (exact) mass is 275 g/mol. The predicted octanol–water partition coefficient (Wildman–Crippen LogP) is 0.479. The molecule has 0 aromatic heterocycles. The zero-order valence-electron chi connectivity index (χ0n) is 11.6. The molecule has 2 aliphatic heterocycles. The maximum absolute atomic E-state index is 10.4. The van der Waals surface area contributed by atoms with E-state index in [1.54, 1.807) is 27.7 Å². The first-order valence-electron chi connectivity index (χ1n) is 6.27. The minimum absolute atomic E-state index is 0.275. The molecule has 7 nitrogen and oxygen atoms in total. The maximum atomic E-state index is 10.4. The summed E-state index contributed by atoms with van der Waals surface area (Å²) >= 11 is 0. The first kappa shape index (κ1) is 14.7. The van der Waals surface area contributed by atoms with Crippen LogP contribution in [0.4, 0.5) is 0 Å². The molecule has 2 rings (SSSR count). The molecule has 0 aromatic carbocycles. The van der Waals surface area contributed by atoms with E-state index in [1.807, 2.05) is 0 Å². The highest BCUT2D eigenvalue weighted by molar-refractivity contribution is 5.64. The van der Waals surface area contributed by atoms with Crippen molar-refractivity contribution >= 4 is 6.21 Å². The van der Waals surface area contributed by atoms with E-state index in [2.05, 4.69) is 5.16 Å². The van der Waals surface area contributed by atoms with E-state index < -0.39 is 36.0 Å². The number of aliphatic hydroxyl groups is 1. The quantitative estimate of drug-likeness (QED) is 0.442. The van der Waals surface area contributed by atoms with Gasteiger partial charge in [0.05, 0.1) is 12.8 Å². The largest absolute Gasteiger partial charge is 0.411 e. The third kappa shape index (κ3) is 3.24. The van der Waals surface area contributed by atoms with Gasteiger partial charge in [0.25, 0.3) is 0 Å². The molecule has 0 amide bonds. The highest BCUT2D eigenvalue weighted by Gasteiger charge is 2.49. The lowest BCUT2D eigenvalue weighted by Gasteiger charge is -2.25. The summed E-state index contributed by atoms with van der Waals surface area (Å²) < 4.78 is 22.2. The number of rotatable bonds is 3. The van der Waals surface area contributed by atoms with E-state index in [-0.39, 0.29) is 6.61 Å². The van der Waals surface area contributed by atoms with Crippen molar-refractivity contribution < 1.29 is 29.3 Å². The van der Waals surface area contributed by atoms with E-state index in [9.17, 15) is 5.11 Å². The molecule has 7 heteroatoms. The molecule has 4 unspecified atom stereocenters. The molecule has 0 aliphatic carbocycles. The molecule has 0 saturated carbocycles. The van der Waals surface area contributed by atoms with Crippen LogP contribution in [0.3, 0.4) is 0 Å². The third-order valence-electron chi connectivity index (χ3n) is 3.13. The Labute approximate surface area is 112 Å². The van der Waals surface area contributed by atoms with Gasteiger partial charge in [-0.25, -0.2) is 0 Å². The van der Waals surface area contributed by atoms with Crippen LogP contribution in [-0.4, -0.2) is 59.1 Å². The number of aliphatic hydroxyl groups excluding tert-OH is 1. The van der Waals surface area contributed by atoms with Gasteiger partial charge in [-0.3, -0.25) is 0 Å². The summed E-state index contributed by atoms with van der Waals surface area (Å²) in [5.41, 5.74) is 0. The van der Waals surface area contributed by atoms with Crippen molar-refractivity contribution in [2.24, 2.45) is 5.16 Å². The van der Waals surface area contributed by atoms with E-state index in [1.165, 1.54) is 6.21 Å². The molecule has 0 spiro atoms. The Kier molecular flexibility index (Phi) is 3.85. The van der Waals surface area contributed by atoms with Gasteiger partial charge in [-0.15, -0.1) is 0 Å². The van der Waals surface area contributed by atoms with Crippen LogP contribution in [0.1, 0.15) is 27.7 Å². The van der Waals surface area contributed by atoms with Crippen molar-refractivity contribution in [2.75, 3.05) is 6.61 Å². The van der Waals surface area contributed by atoms with Crippen molar-refractivity contribution in [3.05, 3.63) is 0 Å². The number of hydrogen-bond donors (Lipinski definition) is 2. The normalized spacial score (nSPS) is 38.9. The summed E-state index contributed by atoms with van der Waals surface area (Å²) in [4.78, 5) is 0. The Morgan fingerprint density at radius 1 is 1.16 bits per heavy atom. The second kappa shape index (κ2) is 4.99. The lowest BCUT2D eigenvalue weighted by molar-refractivity contribution is -0.178. The van der Waals surface area contributed by atoms with Gasteiger partial charge >= 0.3 is 0 Å². The summed E-state index contributed by atoms with van der Waals surface area (Å²) in [5.74, 6) is -1.58. The number of nitrogens with zero attached hydrogens (tertiary/aromatic N) is 1. The molecule has 0 radical (unpaired) electrons. The molecule has 0 bridgehead atoms. The maximum Gasteiger partial charge on any atom is 0.164 e. The van der Waals surface area contributed by atoms with Gasteiger partial charge in [0.15, 0.2) is 11.6 Å². The second-order valence-corrected chi connectivity index (χ2v) is 5.69. The molecular weight excluding hydrogens is 254 g/mol. The minimum atomic E-state index is -0.938. The molecule has 2 aliphatic rings. The first-order valence-corrected chi connectivity index (χ1v) is 6.27. The van der Waals surface area contributed by atoms with Crippen molar-refractivity contribution in [1.29, 1.82) is 0 Å². The molecule has 2 heterocycles. The van der Waals surface area contributed by atoms with Gasteiger partial charge in [0, 0.05) is 0 Å². The number of ether oxygens (including phenoxy) is 4. The average molecular weight is 275 g/mol. The van der Waals surface area contributed by atoms with Gasteiger partial charge in [-0.2, -0.15) is 0 Å². The first-order chi connectivity index (χ1) is 8.74. The Morgan fingerprint density at radius 2 is 1.84 bits per heavy atom. The van der Waals surface area contributed by atoms with Crippen molar-refractivity contribution in [2.45, 2.75) is 63.7 Å². The fourth-order valence-corrected chi connectivity index (χ4v) is 2.36. The molecule has 0 aromatic rings. The summed E-state index contributed by atoms with van der Waals surface area (Å²) in [7, 11) is 0. The Morgan fingerprint density at radius 3 is 2.37 bits per heavy atom. The van der Waals surface area contributed by atoms with E-state index in [4.69, 9.17) is 24.2 Å². The Balaban J connectivity index is 2.07. The van der Waals surface area contributed by atoms with Gasteiger partial charge in [0.1, 0.15) is 24.4 Å². The molecule has 19 heavy (non-hydrogen) atoms. The van der Waals surface area contributed by atoms with E-state index in [0.29, 0.717) is 0 Å². The fourth-order valence-electron chi connectivity index (χ4n) is 2.36. The number of hydrogen-bond acceptors (Lipinski definition) is 7. The van der Waals surface area contributed by atoms with Crippen molar-refractivity contribution in [3.8, 4) is 0 Å². The highest BCUT2D eigenvalue weighted by Crippen LogP contribution is 2.33. The lowest BCUT2D eigenvalue weighted by Crippen LogP contribution is -2.45. The van der Waals surface area contributed by atoms with Gasteiger partial charge in [0.2, 0.25) is 0 Å².